The Balaban J connectivity index is 1.03. The molecule has 0 aliphatic heterocycles. The van der Waals surface area contributed by atoms with Crippen LogP contribution in [0.3, 0.4) is 0 Å². The molecule has 14 rings (SSSR count). The molecule has 260 valence electrons. The smallest absolute Gasteiger partial charge is 0.0541 e. The zero-order valence-electron chi connectivity index (χ0n) is 30.8. The van der Waals surface area contributed by atoms with Gasteiger partial charge in [0.2, 0.25) is 0 Å². The van der Waals surface area contributed by atoms with Crippen molar-refractivity contribution in [3.63, 3.8) is 0 Å². The molecule has 53 heavy (non-hydrogen) atoms. The van der Waals surface area contributed by atoms with Gasteiger partial charge in [0, 0.05) is 16.5 Å². The minimum Gasteiger partial charge on any atom is -0.309 e. The molecule has 0 N–H and O–H groups in total. The van der Waals surface area contributed by atoms with Crippen LogP contribution in [-0.4, -0.2) is 4.57 Å². The highest BCUT2D eigenvalue weighted by Gasteiger charge is 2.44. The lowest BCUT2D eigenvalue weighted by Crippen LogP contribution is -2.31. The van der Waals surface area contributed by atoms with Gasteiger partial charge in [-0.1, -0.05) is 91.9 Å². The number of rotatable bonds is 3. The van der Waals surface area contributed by atoms with Crippen molar-refractivity contribution in [2.45, 2.75) is 100 Å². The Hall–Kier alpha value is -4.88. The second kappa shape index (κ2) is 11.6. The molecule has 0 saturated heterocycles. The van der Waals surface area contributed by atoms with E-state index in [4.69, 9.17) is 0 Å². The van der Waals surface area contributed by atoms with E-state index in [-0.39, 0.29) is 0 Å². The van der Waals surface area contributed by atoms with Crippen molar-refractivity contribution in [1.29, 1.82) is 0 Å². The van der Waals surface area contributed by atoms with Crippen LogP contribution in [0, 0.1) is 0 Å². The first kappa shape index (κ1) is 30.6. The fourth-order valence-corrected chi connectivity index (χ4v) is 12.5. The van der Waals surface area contributed by atoms with Gasteiger partial charge in [-0.15, -0.1) is 0 Å². The molecule has 2 saturated carbocycles. The van der Waals surface area contributed by atoms with E-state index in [0.29, 0.717) is 11.8 Å². The number of nitrogens with zero attached hydrogens (tertiary/aromatic N) is 1. The molecule has 0 spiro atoms. The summed E-state index contributed by atoms with van der Waals surface area (Å²) in [7, 11) is 0. The molecule has 1 nitrogen and oxygen atoms in total. The van der Waals surface area contributed by atoms with Crippen molar-refractivity contribution in [3.05, 3.63) is 160 Å². The number of benzene rings is 6. The number of aromatic nitrogens is 1. The lowest BCUT2D eigenvalue weighted by Gasteiger charge is -2.48. The standard InChI is InChI=1S/C52H47N/c1-31-40-11-5-6-12-41(40)44-27-36(37-25-26-49-47(28-37)42-13-7-8-14-48(42)53(49)39-9-3-2-4-10-39)23-24-38(44)29-43(31)52-50-34-19-15-32(16-20-34)45(50)30-46-33-17-21-35(22-18-33)51(46)52/h2-14,23-28,30-35,43H,15-22,29H2,1H3. The van der Waals surface area contributed by atoms with E-state index < -0.39 is 0 Å². The van der Waals surface area contributed by atoms with Crippen LogP contribution in [0.15, 0.2) is 121 Å². The molecule has 0 amide bonds. The Kier molecular flexibility index (Phi) is 6.67. The zero-order valence-corrected chi connectivity index (χ0v) is 30.8. The topological polar surface area (TPSA) is 4.93 Å². The summed E-state index contributed by atoms with van der Waals surface area (Å²) in [4.78, 5) is 0. The third kappa shape index (κ3) is 4.43. The number of hydrogen-bond acceptors (Lipinski definition) is 0. The SMILES string of the molecule is CC1c2ccccc2-c2cc(-c3ccc4c(c3)c3ccccc3n4-c3ccccc3)ccc2CC1c1c2c(cc3c1C1CCC3CC1)C1CCC2CC1. The summed E-state index contributed by atoms with van der Waals surface area (Å²) in [6.07, 6.45) is 12.4. The molecule has 7 aliphatic carbocycles. The van der Waals surface area contributed by atoms with Crippen LogP contribution in [0.1, 0.15) is 133 Å². The van der Waals surface area contributed by atoms with Crippen LogP contribution in [0.4, 0.5) is 0 Å². The summed E-state index contributed by atoms with van der Waals surface area (Å²) < 4.78 is 2.42. The minimum atomic E-state index is 0.471. The van der Waals surface area contributed by atoms with Crippen molar-refractivity contribution in [2.75, 3.05) is 0 Å². The van der Waals surface area contributed by atoms with Gasteiger partial charge in [0.1, 0.15) is 0 Å². The Morgan fingerprint density at radius 3 is 1.81 bits per heavy atom. The summed E-state index contributed by atoms with van der Waals surface area (Å²) in [5.74, 6) is 4.12. The van der Waals surface area contributed by atoms with Crippen LogP contribution < -0.4 is 0 Å². The number of para-hydroxylation sites is 2. The van der Waals surface area contributed by atoms with E-state index >= 15 is 0 Å². The van der Waals surface area contributed by atoms with Crippen molar-refractivity contribution < 1.29 is 0 Å². The van der Waals surface area contributed by atoms with Gasteiger partial charge >= 0.3 is 0 Å². The normalized spacial score (nSPS) is 25.2. The largest absolute Gasteiger partial charge is 0.309 e. The van der Waals surface area contributed by atoms with Crippen molar-refractivity contribution in [1.82, 2.24) is 4.57 Å². The minimum absolute atomic E-state index is 0.471. The van der Waals surface area contributed by atoms with E-state index in [1.54, 1.807) is 16.7 Å². The molecule has 7 aliphatic rings. The molecule has 1 heterocycles. The molecule has 2 unspecified atom stereocenters. The highest BCUT2D eigenvalue weighted by Crippen LogP contribution is 2.61. The van der Waals surface area contributed by atoms with Crippen molar-refractivity contribution >= 4 is 21.8 Å². The first-order chi connectivity index (χ1) is 26.2. The van der Waals surface area contributed by atoms with Gasteiger partial charge in [0.25, 0.3) is 0 Å². The van der Waals surface area contributed by atoms with Gasteiger partial charge in [0.15, 0.2) is 0 Å². The maximum atomic E-state index is 2.80. The Morgan fingerprint density at radius 1 is 0.453 bits per heavy atom. The first-order valence-corrected chi connectivity index (χ1v) is 20.7. The van der Waals surface area contributed by atoms with E-state index in [1.165, 1.54) is 107 Å². The summed E-state index contributed by atoms with van der Waals surface area (Å²) >= 11 is 0. The van der Waals surface area contributed by atoms with Crippen LogP contribution >= 0.6 is 0 Å². The molecule has 1 heteroatoms. The van der Waals surface area contributed by atoms with Gasteiger partial charge in [-0.2, -0.15) is 0 Å². The lowest BCUT2D eigenvalue weighted by atomic mass is 9.57. The van der Waals surface area contributed by atoms with Crippen LogP contribution in [-0.2, 0) is 6.42 Å². The molecule has 4 bridgehead atoms. The summed E-state index contributed by atoms with van der Waals surface area (Å²) in [5, 5.41) is 2.62. The van der Waals surface area contributed by atoms with Crippen LogP contribution in [0.25, 0.3) is 49.7 Å². The third-order valence-corrected chi connectivity index (χ3v) is 14.9. The molecule has 1 aromatic heterocycles. The Bertz CT molecular complexity index is 2540. The second-order valence-corrected chi connectivity index (χ2v) is 17.4. The highest BCUT2D eigenvalue weighted by molar-refractivity contribution is 6.10. The Morgan fingerprint density at radius 2 is 1.06 bits per heavy atom. The quantitative estimate of drug-likeness (QED) is 0.174. The van der Waals surface area contributed by atoms with Crippen molar-refractivity contribution in [2.24, 2.45) is 0 Å². The Labute approximate surface area is 313 Å². The van der Waals surface area contributed by atoms with E-state index in [2.05, 4.69) is 133 Å². The second-order valence-electron chi connectivity index (χ2n) is 17.4. The molecule has 7 aromatic rings. The maximum absolute atomic E-state index is 2.80. The van der Waals surface area contributed by atoms with Gasteiger partial charge in [-0.25, -0.2) is 0 Å². The lowest BCUT2D eigenvalue weighted by molar-refractivity contribution is 0.332. The molecule has 2 fully saturated rings. The van der Waals surface area contributed by atoms with Crippen LogP contribution in [0.5, 0.6) is 0 Å². The highest BCUT2D eigenvalue weighted by atomic mass is 15.0. The molecular formula is C52H47N. The summed E-state index contributed by atoms with van der Waals surface area (Å²) in [5.41, 5.74) is 21.4. The predicted molar refractivity (Wildman–Crippen MR) is 221 cm³/mol. The molecule has 0 radical (unpaired) electrons. The van der Waals surface area contributed by atoms with Gasteiger partial charge in [-0.3, -0.25) is 0 Å². The van der Waals surface area contributed by atoms with E-state index in [9.17, 15) is 0 Å². The average molecular weight is 686 g/mol. The average Bonchev–Trinajstić information content (AvgIpc) is 3.50. The molecule has 2 atom stereocenters. The van der Waals surface area contributed by atoms with E-state index in [1.807, 2.05) is 16.7 Å². The van der Waals surface area contributed by atoms with Gasteiger partial charge in [-0.05, 0) is 191 Å². The third-order valence-electron chi connectivity index (χ3n) is 14.9. The van der Waals surface area contributed by atoms with Crippen molar-refractivity contribution in [3.8, 4) is 27.9 Å². The zero-order chi connectivity index (χ0) is 34.8. The van der Waals surface area contributed by atoms with Gasteiger partial charge in [0.05, 0.1) is 11.0 Å². The van der Waals surface area contributed by atoms with Crippen LogP contribution in [0.2, 0.25) is 0 Å². The summed E-state index contributed by atoms with van der Waals surface area (Å²) in [6.45, 7) is 2.58. The fraction of sp³-hybridized carbons (Fsp3) is 0.308. The maximum Gasteiger partial charge on any atom is 0.0541 e. The molecular weight excluding hydrogens is 639 g/mol. The summed E-state index contributed by atoms with van der Waals surface area (Å²) in [6, 6.07) is 46.6. The van der Waals surface area contributed by atoms with E-state index in [0.717, 1.165) is 30.1 Å². The van der Waals surface area contributed by atoms with Gasteiger partial charge < -0.3 is 4.57 Å². The molecule has 6 aromatic carbocycles. The predicted octanol–water partition coefficient (Wildman–Crippen LogP) is 14.1. The fourth-order valence-electron chi connectivity index (χ4n) is 12.5. The number of fused-ring (bicyclic) bond motifs is 10. The number of hydrogen-bond donors (Lipinski definition) is 0. The first-order valence-electron chi connectivity index (χ1n) is 20.7. The monoisotopic (exact) mass is 685 g/mol.